The van der Waals surface area contributed by atoms with Gasteiger partial charge in [-0.05, 0) is 18.2 Å². The van der Waals surface area contributed by atoms with Crippen molar-refractivity contribution in [2.75, 3.05) is 5.73 Å². The van der Waals surface area contributed by atoms with Crippen molar-refractivity contribution in [1.29, 1.82) is 0 Å². The van der Waals surface area contributed by atoms with E-state index in [0.29, 0.717) is 5.69 Å². The smallest absolute Gasteiger partial charge is 0.0709 e. The highest BCUT2D eigenvalue weighted by Gasteiger charge is 1.96. The van der Waals surface area contributed by atoms with E-state index in [9.17, 15) is 0 Å². The SMILES string of the molecule is Nc1ccc(-c2[c]cccc2)nc1. The molecule has 2 heteroatoms. The number of nitrogens with zero attached hydrogens (tertiary/aromatic N) is 1. The van der Waals surface area contributed by atoms with Crippen molar-refractivity contribution in [1.82, 2.24) is 4.98 Å². The third-order valence-corrected chi connectivity index (χ3v) is 1.77. The molecule has 2 nitrogen and oxygen atoms in total. The zero-order valence-electron chi connectivity index (χ0n) is 7.07. The van der Waals surface area contributed by atoms with Crippen molar-refractivity contribution < 1.29 is 0 Å². The minimum atomic E-state index is 0.680. The number of benzene rings is 1. The van der Waals surface area contributed by atoms with E-state index in [0.717, 1.165) is 11.3 Å². The van der Waals surface area contributed by atoms with Crippen molar-refractivity contribution in [2.24, 2.45) is 0 Å². The fourth-order valence-electron chi connectivity index (χ4n) is 1.12. The van der Waals surface area contributed by atoms with E-state index in [4.69, 9.17) is 5.73 Å². The highest BCUT2D eigenvalue weighted by atomic mass is 14.7. The number of pyridine rings is 1. The number of aromatic nitrogens is 1. The number of hydrogen-bond acceptors (Lipinski definition) is 2. The molecule has 2 aromatic rings. The first-order chi connectivity index (χ1) is 6.36. The number of nitrogens with two attached hydrogens (primary N) is 1. The van der Waals surface area contributed by atoms with Crippen LogP contribution in [-0.2, 0) is 0 Å². The van der Waals surface area contributed by atoms with E-state index in [2.05, 4.69) is 11.1 Å². The van der Waals surface area contributed by atoms with Gasteiger partial charge in [-0.15, -0.1) is 0 Å². The normalized spacial score (nSPS) is 9.85. The summed E-state index contributed by atoms with van der Waals surface area (Å²) in [4.78, 5) is 4.19. The molecule has 0 amide bonds. The molecule has 0 atom stereocenters. The summed E-state index contributed by atoms with van der Waals surface area (Å²) in [7, 11) is 0. The average molecular weight is 169 g/mol. The Morgan fingerprint density at radius 3 is 2.69 bits per heavy atom. The monoisotopic (exact) mass is 169 g/mol. The topological polar surface area (TPSA) is 38.9 Å². The zero-order valence-corrected chi connectivity index (χ0v) is 7.07. The summed E-state index contributed by atoms with van der Waals surface area (Å²) in [6.45, 7) is 0. The second kappa shape index (κ2) is 3.27. The van der Waals surface area contributed by atoms with Gasteiger partial charge in [0, 0.05) is 5.56 Å². The van der Waals surface area contributed by atoms with Crippen LogP contribution in [0.1, 0.15) is 0 Å². The van der Waals surface area contributed by atoms with Crippen LogP contribution in [0.2, 0.25) is 0 Å². The van der Waals surface area contributed by atoms with Gasteiger partial charge in [0.25, 0.3) is 0 Å². The molecule has 0 bridgehead atoms. The molecule has 63 valence electrons. The highest BCUT2D eigenvalue weighted by Crippen LogP contribution is 2.15. The van der Waals surface area contributed by atoms with Crippen LogP contribution in [0.5, 0.6) is 0 Å². The molecule has 0 saturated heterocycles. The predicted octanol–water partition coefficient (Wildman–Crippen LogP) is 2.13. The van der Waals surface area contributed by atoms with E-state index < -0.39 is 0 Å². The molecule has 1 radical (unpaired) electrons. The quantitative estimate of drug-likeness (QED) is 0.710. The van der Waals surface area contributed by atoms with Crippen LogP contribution in [0.3, 0.4) is 0 Å². The van der Waals surface area contributed by atoms with Crippen molar-refractivity contribution in [3.05, 3.63) is 48.7 Å². The lowest BCUT2D eigenvalue weighted by Gasteiger charge is -1.99. The molecule has 0 unspecified atom stereocenters. The summed E-state index contributed by atoms with van der Waals surface area (Å²) >= 11 is 0. The molecule has 1 aromatic heterocycles. The van der Waals surface area contributed by atoms with Gasteiger partial charge in [-0.3, -0.25) is 4.98 Å². The van der Waals surface area contributed by atoms with E-state index in [1.54, 1.807) is 6.20 Å². The van der Waals surface area contributed by atoms with Crippen LogP contribution in [0.4, 0.5) is 5.69 Å². The number of anilines is 1. The van der Waals surface area contributed by atoms with Crippen LogP contribution >= 0.6 is 0 Å². The van der Waals surface area contributed by atoms with Crippen molar-refractivity contribution in [3.8, 4) is 11.3 Å². The van der Waals surface area contributed by atoms with Gasteiger partial charge in [-0.1, -0.05) is 24.3 Å². The molecule has 1 heterocycles. The molecule has 2 N–H and O–H groups in total. The van der Waals surface area contributed by atoms with E-state index >= 15 is 0 Å². The first-order valence-electron chi connectivity index (χ1n) is 4.05. The van der Waals surface area contributed by atoms with Crippen LogP contribution in [0, 0.1) is 6.07 Å². The molecule has 0 aliphatic carbocycles. The Morgan fingerprint density at radius 1 is 1.15 bits per heavy atom. The van der Waals surface area contributed by atoms with Crippen LogP contribution in [0.15, 0.2) is 42.6 Å². The van der Waals surface area contributed by atoms with Crippen LogP contribution in [0.25, 0.3) is 11.3 Å². The lowest BCUT2D eigenvalue weighted by Crippen LogP contribution is -1.87. The summed E-state index contributed by atoms with van der Waals surface area (Å²) in [5.74, 6) is 0. The number of rotatable bonds is 1. The summed E-state index contributed by atoms with van der Waals surface area (Å²) in [6, 6.07) is 14.6. The highest BCUT2D eigenvalue weighted by molar-refractivity contribution is 5.59. The first kappa shape index (κ1) is 7.80. The molecular weight excluding hydrogens is 160 g/mol. The lowest BCUT2D eigenvalue weighted by molar-refractivity contribution is 1.33. The lowest BCUT2D eigenvalue weighted by atomic mass is 10.1. The Hall–Kier alpha value is -1.83. The number of nitrogen functional groups attached to an aromatic ring is 1. The fraction of sp³-hybridized carbons (Fsp3) is 0. The third kappa shape index (κ3) is 1.67. The Kier molecular flexibility index (Phi) is 1.96. The molecule has 0 aliphatic rings. The Labute approximate surface area is 77.0 Å². The largest absolute Gasteiger partial charge is 0.397 e. The third-order valence-electron chi connectivity index (χ3n) is 1.77. The minimum Gasteiger partial charge on any atom is -0.397 e. The maximum absolute atomic E-state index is 5.53. The molecule has 0 aliphatic heterocycles. The van der Waals surface area contributed by atoms with Gasteiger partial charge >= 0.3 is 0 Å². The van der Waals surface area contributed by atoms with Gasteiger partial charge in [0.2, 0.25) is 0 Å². The van der Waals surface area contributed by atoms with E-state index in [1.165, 1.54) is 0 Å². The second-order valence-corrected chi connectivity index (χ2v) is 2.75. The zero-order chi connectivity index (χ0) is 9.10. The minimum absolute atomic E-state index is 0.680. The second-order valence-electron chi connectivity index (χ2n) is 2.75. The standard InChI is InChI=1S/C11H9N2/c12-10-6-7-11(13-8-10)9-4-2-1-3-5-9/h1-4,6-8H,12H2. The van der Waals surface area contributed by atoms with E-state index in [-0.39, 0.29) is 0 Å². The first-order valence-corrected chi connectivity index (χ1v) is 4.05. The van der Waals surface area contributed by atoms with Gasteiger partial charge in [0.15, 0.2) is 0 Å². The van der Waals surface area contributed by atoms with Crippen LogP contribution in [-0.4, -0.2) is 4.98 Å². The average Bonchev–Trinajstić information content (AvgIpc) is 2.20. The van der Waals surface area contributed by atoms with Gasteiger partial charge in [-0.25, -0.2) is 0 Å². The van der Waals surface area contributed by atoms with Gasteiger partial charge in [0.1, 0.15) is 0 Å². The molecule has 0 saturated carbocycles. The Morgan fingerprint density at radius 2 is 2.08 bits per heavy atom. The summed E-state index contributed by atoms with van der Waals surface area (Å²) in [5.41, 5.74) is 8.10. The Bertz CT molecular complexity index is 379. The fourth-order valence-corrected chi connectivity index (χ4v) is 1.12. The molecule has 0 fully saturated rings. The summed E-state index contributed by atoms with van der Waals surface area (Å²) < 4.78 is 0. The molecule has 1 aromatic carbocycles. The van der Waals surface area contributed by atoms with Crippen molar-refractivity contribution in [3.63, 3.8) is 0 Å². The van der Waals surface area contributed by atoms with Crippen molar-refractivity contribution >= 4 is 5.69 Å². The summed E-state index contributed by atoms with van der Waals surface area (Å²) in [5, 5.41) is 0. The number of hydrogen-bond donors (Lipinski definition) is 1. The van der Waals surface area contributed by atoms with Crippen molar-refractivity contribution in [2.45, 2.75) is 0 Å². The van der Waals surface area contributed by atoms with Gasteiger partial charge in [0.05, 0.1) is 17.6 Å². The maximum Gasteiger partial charge on any atom is 0.0709 e. The van der Waals surface area contributed by atoms with Gasteiger partial charge < -0.3 is 5.73 Å². The van der Waals surface area contributed by atoms with E-state index in [1.807, 2.05) is 36.4 Å². The molecule has 2 rings (SSSR count). The molecule has 0 spiro atoms. The molecular formula is C11H9N2. The molecule has 13 heavy (non-hydrogen) atoms. The Balaban J connectivity index is 2.42. The maximum atomic E-state index is 5.53. The predicted molar refractivity (Wildman–Crippen MR) is 52.9 cm³/mol. The summed E-state index contributed by atoms with van der Waals surface area (Å²) in [6.07, 6.45) is 1.65. The van der Waals surface area contributed by atoms with Crippen LogP contribution < -0.4 is 5.73 Å². The van der Waals surface area contributed by atoms with Gasteiger partial charge in [-0.2, -0.15) is 0 Å².